The number of hydrogen-bond donors (Lipinski definition) is 1. The van der Waals surface area contributed by atoms with Crippen molar-refractivity contribution >= 4 is 0 Å². The Bertz CT molecular complexity index is 305. The second kappa shape index (κ2) is 7.43. The van der Waals surface area contributed by atoms with E-state index in [0.717, 1.165) is 19.1 Å². The predicted octanol–water partition coefficient (Wildman–Crippen LogP) is 3.29. The average Bonchev–Trinajstić information content (AvgIpc) is 2.87. The minimum atomic E-state index is 0.340. The molecule has 124 valence electrons. The molecule has 2 aliphatic rings. The first-order valence-corrected chi connectivity index (χ1v) is 8.95. The van der Waals surface area contributed by atoms with E-state index in [0.29, 0.717) is 23.6 Å². The van der Waals surface area contributed by atoms with Crippen LogP contribution in [0.5, 0.6) is 0 Å². The van der Waals surface area contributed by atoms with Gasteiger partial charge in [0, 0.05) is 38.3 Å². The van der Waals surface area contributed by atoms with Gasteiger partial charge in [-0.05, 0) is 37.0 Å². The van der Waals surface area contributed by atoms with Crippen molar-refractivity contribution in [2.24, 2.45) is 11.3 Å². The van der Waals surface area contributed by atoms with Gasteiger partial charge in [0.1, 0.15) is 0 Å². The van der Waals surface area contributed by atoms with Gasteiger partial charge in [0.25, 0.3) is 0 Å². The molecule has 0 aliphatic carbocycles. The van der Waals surface area contributed by atoms with Gasteiger partial charge < -0.3 is 10.1 Å². The second-order valence-corrected chi connectivity index (χ2v) is 8.54. The summed E-state index contributed by atoms with van der Waals surface area (Å²) in [5.74, 6) is 0.772. The molecule has 2 fully saturated rings. The van der Waals surface area contributed by atoms with Crippen molar-refractivity contribution in [2.45, 2.75) is 78.5 Å². The summed E-state index contributed by atoms with van der Waals surface area (Å²) >= 11 is 0. The maximum Gasteiger partial charge on any atom is 0.0588 e. The minimum Gasteiger partial charge on any atom is -0.378 e. The van der Waals surface area contributed by atoms with Crippen LogP contribution in [0.15, 0.2) is 0 Å². The van der Waals surface area contributed by atoms with Crippen molar-refractivity contribution in [2.75, 3.05) is 26.2 Å². The molecule has 0 spiro atoms. The summed E-state index contributed by atoms with van der Waals surface area (Å²) in [5.41, 5.74) is 0.340. The van der Waals surface area contributed by atoms with Crippen molar-refractivity contribution in [1.29, 1.82) is 0 Å². The van der Waals surface area contributed by atoms with Crippen LogP contribution >= 0.6 is 0 Å². The first-order valence-electron chi connectivity index (χ1n) is 8.95. The van der Waals surface area contributed by atoms with Crippen molar-refractivity contribution in [1.82, 2.24) is 10.2 Å². The summed E-state index contributed by atoms with van der Waals surface area (Å²) in [4.78, 5) is 2.74. The lowest BCUT2D eigenvalue weighted by molar-refractivity contribution is 0.0312. The number of nitrogens with one attached hydrogen (secondary N) is 1. The second-order valence-electron chi connectivity index (χ2n) is 8.54. The van der Waals surface area contributed by atoms with Crippen molar-refractivity contribution < 1.29 is 4.74 Å². The highest BCUT2D eigenvalue weighted by Crippen LogP contribution is 2.28. The Hall–Kier alpha value is -0.120. The van der Waals surface area contributed by atoms with Gasteiger partial charge >= 0.3 is 0 Å². The molecule has 3 unspecified atom stereocenters. The van der Waals surface area contributed by atoms with E-state index in [2.05, 4.69) is 44.8 Å². The van der Waals surface area contributed by atoms with Crippen LogP contribution < -0.4 is 5.32 Å². The summed E-state index contributed by atoms with van der Waals surface area (Å²) in [6.45, 7) is 16.3. The SMILES string of the molecule is CC(C)CC1CN(CCC2CCCO2)C(C(C)(C)C)CN1. The van der Waals surface area contributed by atoms with Crippen molar-refractivity contribution in [3.63, 3.8) is 0 Å². The molecule has 0 bridgehead atoms. The van der Waals surface area contributed by atoms with E-state index in [4.69, 9.17) is 4.74 Å². The maximum atomic E-state index is 5.81. The van der Waals surface area contributed by atoms with Gasteiger partial charge in [-0.2, -0.15) is 0 Å². The molecular formula is C18H36N2O. The van der Waals surface area contributed by atoms with Gasteiger partial charge in [0.05, 0.1) is 6.10 Å². The fourth-order valence-electron chi connectivity index (χ4n) is 3.89. The van der Waals surface area contributed by atoms with Crippen LogP contribution in [0, 0.1) is 11.3 Å². The smallest absolute Gasteiger partial charge is 0.0588 e. The largest absolute Gasteiger partial charge is 0.378 e. The third-order valence-corrected chi connectivity index (χ3v) is 5.01. The molecule has 1 N–H and O–H groups in total. The van der Waals surface area contributed by atoms with E-state index < -0.39 is 0 Å². The number of nitrogens with zero attached hydrogens (tertiary/aromatic N) is 1. The van der Waals surface area contributed by atoms with Gasteiger partial charge in [0.15, 0.2) is 0 Å². The van der Waals surface area contributed by atoms with Crippen LogP contribution in [0.4, 0.5) is 0 Å². The maximum absolute atomic E-state index is 5.81. The summed E-state index contributed by atoms with van der Waals surface area (Å²) in [6, 6.07) is 1.30. The van der Waals surface area contributed by atoms with E-state index >= 15 is 0 Å². The molecule has 3 atom stereocenters. The molecular weight excluding hydrogens is 260 g/mol. The zero-order valence-corrected chi connectivity index (χ0v) is 14.8. The van der Waals surface area contributed by atoms with E-state index in [1.807, 2.05) is 0 Å². The number of rotatable bonds is 5. The standard InChI is InChI=1S/C18H36N2O/c1-14(2)11-15-13-20(9-8-16-7-6-10-21-16)17(12-19-15)18(3,4)5/h14-17,19H,6-13H2,1-5H3. The van der Waals surface area contributed by atoms with E-state index in [1.54, 1.807) is 0 Å². The molecule has 0 aromatic rings. The summed E-state index contributed by atoms with van der Waals surface area (Å²) in [7, 11) is 0. The van der Waals surface area contributed by atoms with E-state index in [9.17, 15) is 0 Å². The first kappa shape index (κ1) is 17.2. The van der Waals surface area contributed by atoms with Crippen LogP contribution in [-0.2, 0) is 4.74 Å². The number of piperazine rings is 1. The van der Waals surface area contributed by atoms with Crippen LogP contribution in [0.2, 0.25) is 0 Å². The van der Waals surface area contributed by atoms with E-state index in [1.165, 1.54) is 38.8 Å². The Balaban J connectivity index is 1.91. The fraction of sp³-hybridized carbons (Fsp3) is 1.00. The lowest BCUT2D eigenvalue weighted by Gasteiger charge is -2.47. The zero-order chi connectivity index (χ0) is 15.5. The molecule has 2 aliphatic heterocycles. The van der Waals surface area contributed by atoms with Gasteiger partial charge in [-0.1, -0.05) is 34.6 Å². The third-order valence-electron chi connectivity index (χ3n) is 5.01. The van der Waals surface area contributed by atoms with E-state index in [-0.39, 0.29) is 0 Å². The topological polar surface area (TPSA) is 24.5 Å². The molecule has 0 amide bonds. The Morgan fingerprint density at radius 3 is 2.62 bits per heavy atom. The summed E-state index contributed by atoms with van der Waals surface area (Å²) < 4.78 is 5.81. The lowest BCUT2D eigenvalue weighted by Crippen LogP contribution is -2.61. The summed E-state index contributed by atoms with van der Waals surface area (Å²) in [6.07, 6.45) is 5.53. The molecule has 0 radical (unpaired) electrons. The molecule has 3 heteroatoms. The Morgan fingerprint density at radius 2 is 2.05 bits per heavy atom. The summed E-state index contributed by atoms with van der Waals surface area (Å²) in [5, 5.41) is 3.79. The zero-order valence-electron chi connectivity index (χ0n) is 14.8. The normalized spacial score (nSPS) is 32.0. The molecule has 2 heterocycles. The van der Waals surface area contributed by atoms with Crippen molar-refractivity contribution in [3.8, 4) is 0 Å². The van der Waals surface area contributed by atoms with Gasteiger partial charge in [0.2, 0.25) is 0 Å². The highest BCUT2D eigenvalue weighted by Gasteiger charge is 2.35. The van der Waals surface area contributed by atoms with Crippen LogP contribution in [-0.4, -0.2) is 49.3 Å². The lowest BCUT2D eigenvalue weighted by atomic mass is 9.83. The molecule has 2 rings (SSSR count). The monoisotopic (exact) mass is 296 g/mol. The van der Waals surface area contributed by atoms with Crippen molar-refractivity contribution in [3.05, 3.63) is 0 Å². The average molecular weight is 296 g/mol. The van der Waals surface area contributed by atoms with Gasteiger partial charge in [-0.3, -0.25) is 4.90 Å². The molecule has 2 saturated heterocycles. The quantitative estimate of drug-likeness (QED) is 0.842. The number of ether oxygens (including phenoxy) is 1. The fourth-order valence-corrected chi connectivity index (χ4v) is 3.89. The minimum absolute atomic E-state index is 0.340. The highest BCUT2D eigenvalue weighted by molar-refractivity contribution is 4.93. The van der Waals surface area contributed by atoms with Crippen LogP contribution in [0.3, 0.4) is 0 Å². The third kappa shape index (κ3) is 5.22. The number of hydrogen-bond acceptors (Lipinski definition) is 3. The van der Waals surface area contributed by atoms with Crippen LogP contribution in [0.25, 0.3) is 0 Å². The Morgan fingerprint density at radius 1 is 1.29 bits per heavy atom. The molecule has 0 aromatic heterocycles. The molecule has 0 saturated carbocycles. The molecule has 0 aromatic carbocycles. The Kier molecular flexibility index (Phi) is 6.10. The highest BCUT2D eigenvalue weighted by atomic mass is 16.5. The predicted molar refractivity (Wildman–Crippen MR) is 89.7 cm³/mol. The molecule has 3 nitrogen and oxygen atoms in total. The Labute approximate surface area is 131 Å². The van der Waals surface area contributed by atoms with Crippen LogP contribution in [0.1, 0.15) is 60.3 Å². The first-order chi connectivity index (χ1) is 9.86. The van der Waals surface area contributed by atoms with Gasteiger partial charge in [-0.15, -0.1) is 0 Å². The van der Waals surface area contributed by atoms with Gasteiger partial charge in [-0.25, -0.2) is 0 Å². The molecule has 21 heavy (non-hydrogen) atoms.